The van der Waals surface area contributed by atoms with Crippen molar-refractivity contribution in [1.29, 1.82) is 0 Å². The lowest BCUT2D eigenvalue weighted by Gasteiger charge is -2.24. The van der Waals surface area contributed by atoms with E-state index in [9.17, 15) is 4.79 Å². The van der Waals surface area contributed by atoms with E-state index in [-0.39, 0.29) is 5.91 Å². The van der Waals surface area contributed by atoms with Gasteiger partial charge in [-0.25, -0.2) is 0 Å². The zero-order chi connectivity index (χ0) is 15.5. The highest BCUT2D eigenvalue weighted by Gasteiger charge is 2.19. The van der Waals surface area contributed by atoms with Crippen molar-refractivity contribution in [3.63, 3.8) is 0 Å². The molecule has 3 rings (SSSR count). The van der Waals surface area contributed by atoms with E-state index in [1.807, 2.05) is 18.2 Å². The Labute approximate surface area is 131 Å². The summed E-state index contributed by atoms with van der Waals surface area (Å²) in [5.41, 5.74) is 9.29. The summed E-state index contributed by atoms with van der Waals surface area (Å²) in [6, 6.07) is 16.4. The summed E-state index contributed by atoms with van der Waals surface area (Å²) in [7, 11) is 0. The standard InChI is InChI=1S/C19H22N2O/c1-14(21-12-4-5-13-21)15-8-10-16(11-9-15)17-6-2-3-7-18(17)19(20)22/h2-3,6-11,14H,4-5,12-13H2,1H3,(H2,20,22)/t14-/m0/s1. The van der Waals surface area contributed by atoms with Crippen LogP contribution in [0.25, 0.3) is 11.1 Å². The predicted octanol–water partition coefficient (Wildman–Crippen LogP) is 3.61. The first kappa shape index (κ1) is 14.8. The van der Waals surface area contributed by atoms with Gasteiger partial charge in [0.1, 0.15) is 0 Å². The smallest absolute Gasteiger partial charge is 0.249 e. The Kier molecular flexibility index (Phi) is 4.25. The van der Waals surface area contributed by atoms with Gasteiger partial charge in [0, 0.05) is 11.6 Å². The van der Waals surface area contributed by atoms with Crippen LogP contribution < -0.4 is 5.73 Å². The van der Waals surface area contributed by atoms with Crippen LogP contribution in [-0.2, 0) is 0 Å². The molecule has 0 bridgehead atoms. The molecule has 0 spiro atoms. The first-order valence-electron chi connectivity index (χ1n) is 7.90. The summed E-state index contributed by atoms with van der Waals surface area (Å²) >= 11 is 0. The van der Waals surface area contributed by atoms with Gasteiger partial charge in [-0.3, -0.25) is 9.69 Å². The van der Waals surface area contributed by atoms with Crippen molar-refractivity contribution in [2.24, 2.45) is 5.73 Å². The first-order valence-corrected chi connectivity index (χ1v) is 7.90. The topological polar surface area (TPSA) is 46.3 Å². The molecule has 114 valence electrons. The number of nitrogens with two attached hydrogens (primary N) is 1. The number of hydrogen-bond donors (Lipinski definition) is 1. The van der Waals surface area contributed by atoms with Crippen molar-refractivity contribution in [3.8, 4) is 11.1 Å². The average Bonchev–Trinajstić information content (AvgIpc) is 3.09. The number of carbonyl (C=O) groups excluding carboxylic acids is 1. The van der Waals surface area contributed by atoms with Crippen molar-refractivity contribution in [2.75, 3.05) is 13.1 Å². The minimum absolute atomic E-state index is 0.384. The zero-order valence-electron chi connectivity index (χ0n) is 13.0. The van der Waals surface area contributed by atoms with Crippen molar-refractivity contribution in [3.05, 3.63) is 59.7 Å². The summed E-state index contributed by atoms with van der Waals surface area (Å²) in [4.78, 5) is 14.1. The van der Waals surface area contributed by atoms with Gasteiger partial charge in [0.25, 0.3) is 0 Å². The number of primary amides is 1. The Morgan fingerprint density at radius 1 is 1.05 bits per heavy atom. The van der Waals surface area contributed by atoms with Gasteiger partial charge in [0.15, 0.2) is 0 Å². The second-order valence-electron chi connectivity index (χ2n) is 5.95. The van der Waals surface area contributed by atoms with Gasteiger partial charge < -0.3 is 5.73 Å². The number of benzene rings is 2. The van der Waals surface area contributed by atoms with Gasteiger partial charge in [-0.15, -0.1) is 0 Å². The third kappa shape index (κ3) is 2.90. The minimum atomic E-state index is -0.384. The summed E-state index contributed by atoms with van der Waals surface area (Å²) in [5.74, 6) is -0.384. The lowest BCUT2D eigenvalue weighted by atomic mass is 9.97. The molecule has 2 N–H and O–H groups in total. The lowest BCUT2D eigenvalue weighted by molar-refractivity contribution is 0.100. The molecule has 0 aliphatic carbocycles. The van der Waals surface area contributed by atoms with E-state index in [1.54, 1.807) is 6.07 Å². The average molecular weight is 294 g/mol. The second-order valence-corrected chi connectivity index (χ2v) is 5.95. The van der Waals surface area contributed by atoms with E-state index in [4.69, 9.17) is 5.73 Å². The fraction of sp³-hybridized carbons (Fsp3) is 0.316. The highest BCUT2D eigenvalue weighted by molar-refractivity contribution is 5.99. The molecule has 1 heterocycles. The Balaban J connectivity index is 1.87. The molecule has 3 heteroatoms. The molecule has 0 unspecified atom stereocenters. The van der Waals surface area contributed by atoms with Crippen LogP contribution in [0.2, 0.25) is 0 Å². The molecule has 1 aliphatic rings. The molecule has 0 radical (unpaired) electrons. The number of likely N-dealkylation sites (tertiary alicyclic amines) is 1. The normalized spacial score (nSPS) is 16.6. The lowest BCUT2D eigenvalue weighted by Crippen LogP contribution is -2.23. The zero-order valence-corrected chi connectivity index (χ0v) is 13.0. The minimum Gasteiger partial charge on any atom is -0.366 e. The quantitative estimate of drug-likeness (QED) is 0.936. The van der Waals surface area contributed by atoms with E-state index in [1.165, 1.54) is 31.5 Å². The molecule has 1 saturated heterocycles. The molecule has 22 heavy (non-hydrogen) atoms. The SMILES string of the molecule is C[C@@H](c1ccc(-c2ccccc2C(N)=O)cc1)N1CCCC1. The maximum absolute atomic E-state index is 11.6. The Morgan fingerprint density at radius 3 is 2.32 bits per heavy atom. The van der Waals surface area contributed by atoms with Gasteiger partial charge >= 0.3 is 0 Å². The number of hydrogen-bond acceptors (Lipinski definition) is 2. The van der Waals surface area contributed by atoms with E-state index in [0.717, 1.165) is 11.1 Å². The van der Waals surface area contributed by atoms with E-state index in [2.05, 4.69) is 36.1 Å². The molecule has 1 aliphatic heterocycles. The summed E-state index contributed by atoms with van der Waals surface area (Å²) < 4.78 is 0. The van der Waals surface area contributed by atoms with Crippen molar-refractivity contribution in [2.45, 2.75) is 25.8 Å². The summed E-state index contributed by atoms with van der Waals surface area (Å²) in [6.07, 6.45) is 2.60. The van der Waals surface area contributed by atoms with Gasteiger partial charge in [0.2, 0.25) is 5.91 Å². The molecule has 0 saturated carbocycles. The maximum Gasteiger partial charge on any atom is 0.249 e. The fourth-order valence-electron chi connectivity index (χ4n) is 3.23. The third-order valence-electron chi connectivity index (χ3n) is 4.58. The Bertz CT molecular complexity index is 657. The third-order valence-corrected chi connectivity index (χ3v) is 4.58. The number of rotatable bonds is 4. The monoisotopic (exact) mass is 294 g/mol. The van der Waals surface area contributed by atoms with Crippen LogP contribution in [0.3, 0.4) is 0 Å². The van der Waals surface area contributed by atoms with E-state index >= 15 is 0 Å². The number of amides is 1. The molecule has 1 atom stereocenters. The van der Waals surface area contributed by atoms with Crippen LogP contribution in [0.5, 0.6) is 0 Å². The second kappa shape index (κ2) is 6.32. The molecule has 2 aromatic rings. The van der Waals surface area contributed by atoms with Crippen molar-refractivity contribution in [1.82, 2.24) is 4.90 Å². The van der Waals surface area contributed by atoms with Gasteiger partial charge in [-0.2, -0.15) is 0 Å². The molecule has 0 aromatic heterocycles. The van der Waals surface area contributed by atoms with Crippen LogP contribution in [0, 0.1) is 0 Å². The highest BCUT2D eigenvalue weighted by atomic mass is 16.1. The van der Waals surface area contributed by atoms with Gasteiger partial charge in [0.05, 0.1) is 0 Å². The number of carbonyl (C=O) groups is 1. The Morgan fingerprint density at radius 2 is 1.68 bits per heavy atom. The largest absolute Gasteiger partial charge is 0.366 e. The Hall–Kier alpha value is -2.13. The summed E-state index contributed by atoms with van der Waals surface area (Å²) in [5, 5.41) is 0. The van der Waals surface area contributed by atoms with Crippen LogP contribution >= 0.6 is 0 Å². The van der Waals surface area contributed by atoms with Crippen LogP contribution in [0.15, 0.2) is 48.5 Å². The van der Waals surface area contributed by atoms with Crippen molar-refractivity contribution >= 4 is 5.91 Å². The number of nitrogens with zero attached hydrogens (tertiary/aromatic N) is 1. The van der Waals surface area contributed by atoms with E-state index < -0.39 is 0 Å². The fourth-order valence-corrected chi connectivity index (χ4v) is 3.23. The molecular weight excluding hydrogens is 272 g/mol. The van der Waals surface area contributed by atoms with Gasteiger partial charge in [-0.1, -0.05) is 42.5 Å². The highest BCUT2D eigenvalue weighted by Crippen LogP contribution is 2.28. The van der Waals surface area contributed by atoms with Crippen molar-refractivity contribution < 1.29 is 4.79 Å². The molecule has 1 amide bonds. The maximum atomic E-state index is 11.6. The first-order chi connectivity index (χ1) is 10.7. The molecular formula is C19H22N2O. The molecule has 1 fully saturated rings. The van der Waals surface area contributed by atoms with Crippen LogP contribution in [0.1, 0.15) is 41.7 Å². The van der Waals surface area contributed by atoms with Crippen LogP contribution in [-0.4, -0.2) is 23.9 Å². The molecule has 2 aromatic carbocycles. The predicted molar refractivity (Wildman–Crippen MR) is 89.6 cm³/mol. The summed E-state index contributed by atoms with van der Waals surface area (Å²) in [6.45, 7) is 4.64. The van der Waals surface area contributed by atoms with Gasteiger partial charge in [-0.05, 0) is 55.6 Å². The molecule has 3 nitrogen and oxygen atoms in total. The van der Waals surface area contributed by atoms with Crippen LogP contribution in [0.4, 0.5) is 0 Å². The van der Waals surface area contributed by atoms with E-state index in [0.29, 0.717) is 11.6 Å².